The first-order chi connectivity index (χ1) is 21.7. The zero-order chi connectivity index (χ0) is 31.8. The molecule has 0 aromatic heterocycles. The van der Waals surface area contributed by atoms with Crippen molar-refractivity contribution in [3.8, 4) is 17.2 Å². The van der Waals surface area contributed by atoms with Gasteiger partial charge in [-0.15, -0.1) is 0 Å². The van der Waals surface area contributed by atoms with Crippen LogP contribution in [-0.2, 0) is 32.6 Å². The summed E-state index contributed by atoms with van der Waals surface area (Å²) in [6.45, 7) is 0.292. The number of hydrogen-bond acceptors (Lipinski definition) is 7. The monoisotopic (exact) mass is 635 g/mol. The maximum Gasteiger partial charge on any atom is 0.244 e. The molecule has 1 atom stereocenters. The average Bonchev–Trinajstić information content (AvgIpc) is 3.05. The lowest BCUT2D eigenvalue weighted by atomic mass is 9.94. The lowest BCUT2D eigenvalue weighted by Crippen LogP contribution is -2.55. The molecule has 0 bridgehead atoms. The Morgan fingerprint density at radius 3 is 2.33 bits per heavy atom. The molecule has 11 heteroatoms. The van der Waals surface area contributed by atoms with Gasteiger partial charge in [-0.3, -0.25) is 13.9 Å². The highest BCUT2D eigenvalue weighted by molar-refractivity contribution is 7.92. The second kappa shape index (κ2) is 14.7. The SMILES string of the molecule is COc1cccc(CN(C(=O)CN(c2ccc3c(c2)OCCO3)S(C)(=O)=O)[C@@H](Cc2ccccc2)C(=O)NC2CCCCC2)c1. The largest absolute Gasteiger partial charge is 0.497 e. The summed E-state index contributed by atoms with van der Waals surface area (Å²) in [6, 6.07) is 20.8. The van der Waals surface area contributed by atoms with E-state index in [0.29, 0.717) is 30.5 Å². The Hall–Kier alpha value is -4.25. The highest BCUT2D eigenvalue weighted by atomic mass is 32.2. The topological polar surface area (TPSA) is 114 Å². The molecule has 1 fully saturated rings. The number of nitrogens with one attached hydrogen (secondary N) is 1. The number of benzene rings is 3. The van der Waals surface area contributed by atoms with Crippen LogP contribution in [0.15, 0.2) is 72.8 Å². The summed E-state index contributed by atoms with van der Waals surface area (Å²) in [6.07, 6.45) is 6.32. The molecule has 45 heavy (non-hydrogen) atoms. The molecule has 0 radical (unpaired) electrons. The van der Waals surface area contributed by atoms with Crippen molar-refractivity contribution in [1.29, 1.82) is 0 Å². The molecular weight excluding hydrogens is 594 g/mol. The van der Waals surface area contributed by atoms with Crippen molar-refractivity contribution in [2.75, 3.05) is 37.4 Å². The molecule has 0 saturated heterocycles. The van der Waals surface area contributed by atoms with E-state index in [1.165, 1.54) is 4.90 Å². The molecule has 10 nitrogen and oxygen atoms in total. The van der Waals surface area contributed by atoms with Crippen LogP contribution in [0, 0.1) is 0 Å². The van der Waals surface area contributed by atoms with Gasteiger partial charge in [-0.05, 0) is 48.2 Å². The van der Waals surface area contributed by atoms with Gasteiger partial charge in [0.2, 0.25) is 21.8 Å². The lowest BCUT2D eigenvalue weighted by molar-refractivity contribution is -0.140. The molecule has 1 heterocycles. The van der Waals surface area contributed by atoms with Crippen LogP contribution in [0.5, 0.6) is 17.2 Å². The van der Waals surface area contributed by atoms with Crippen molar-refractivity contribution in [2.24, 2.45) is 0 Å². The third-order valence-electron chi connectivity index (χ3n) is 8.20. The Kier molecular flexibility index (Phi) is 10.5. The first kappa shape index (κ1) is 32.2. The highest BCUT2D eigenvalue weighted by Gasteiger charge is 2.34. The van der Waals surface area contributed by atoms with Crippen molar-refractivity contribution in [3.05, 3.63) is 83.9 Å². The Bertz CT molecular complexity index is 1580. The van der Waals surface area contributed by atoms with Crippen LogP contribution < -0.4 is 23.8 Å². The summed E-state index contributed by atoms with van der Waals surface area (Å²) >= 11 is 0. The minimum absolute atomic E-state index is 0.0310. The van der Waals surface area contributed by atoms with E-state index >= 15 is 0 Å². The number of fused-ring (bicyclic) bond motifs is 1. The first-order valence-corrected chi connectivity index (χ1v) is 17.2. The third kappa shape index (κ3) is 8.48. The summed E-state index contributed by atoms with van der Waals surface area (Å²) in [4.78, 5) is 30.0. The van der Waals surface area contributed by atoms with Crippen LogP contribution in [0.1, 0.15) is 43.2 Å². The molecule has 2 aliphatic rings. The predicted octanol–water partition coefficient (Wildman–Crippen LogP) is 4.32. The molecule has 3 aromatic rings. The molecule has 3 aromatic carbocycles. The molecular formula is C34H41N3O7S. The van der Waals surface area contributed by atoms with Crippen LogP contribution in [0.4, 0.5) is 5.69 Å². The maximum absolute atomic E-state index is 14.4. The van der Waals surface area contributed by atoms with Gasteiger partial charge in [0.1, 0.15) is 31.5 Å². The number of rotatable bonds is 12. The van der Waals surface area contributed by atoms with Crippen molar-refractivity contribution < 1.29 is 32.2 Å². The van der Waals surface area contributed by atoms with Crippen LogP contribution in [-0.4, -0.2) is 70.3 Å². The van der Waals surface area contributed by atoms with Gasteiger partial charge >= 0.3 is 0 Å². The standard InChI is InChI=1S/C34H41N3O7S/c1-42-29-15-9-12-26(20-29)23-36(30(21-25-10-5-3-6-11-25)34(39)35-27-13-7-4-8-14-27)33(38)24-37(45(2,40)41)28-16-17-31-32(22-28)44-19-18-43-31/h3,5-6,9-12,15-17,20,22,27,30H,4,7-8,13-14,18-19,21,23-24H2,1-2H3,(H,35,39)/t30-/m0/s1. The molecule has 1 aliphatic heterocycles. The van der Waals surface area contributed by atoms with E-state index in [9.17, 15) is 18.0 Å². The first-order valence-electron chi connectivity index (χ1n) is 15.4. The van der Waals surface area contributed by atoms with Crippen LogP contribution >= 0.6 is 0 Å². The van der Waals surface area contributed by atoms with E-state index in [4.69, 9.17) is 14.2 Å². The smallest absolute Gasteiger partial charge is 0.244 e. The highest BCUT2D eigenvalue weighted by Crippen LogP contribution is 2.35. The third-order valence-corrected chi connectivity index (χ3v) is 9.34. The van der Waals surface area contributed by atoms with E-state index in [0.717, 1.165) is 53.8 Å². The summed E-state index contributed by atoms with van der Waals surface area (Å²) in [7, 11) is -2.35. The number of anilines is 1. The number of nitrogens with zero attached hydrogens (tertiary/aromatic N) is 2. The average molecular weight is 636 g/mol. The van der Waals surface area contributed by atoms with Crippen LogP contribution in [0.3, 0.4) is 0 Å². The summed E-state index contributed by atoms with van der Waals surface area (Å²) in [5, 5.41) is 3.21. The zero-order valence-electron chi connectivity index (χ0n) is 25.8. The zero-order valence-corrected chi connectivity index (χ0v) is 26.6. The van der Waals surface area contributed by atoms with Gasteiger partial charge in [-0.2, -0.15) is 0 Å². The molecule has 0 spiro atoms. The number of ether oxygens (including phenoxy) is 3. The number of carbonyl (C=O) groups excluding carboxylic acids is 2. The predicted molar refractivity (Wildman–Crippen MR) is 172 cm³/mol. The van der Waals surface area contributed by atoms with E-state index in [2.05, 4.69) is 5.32 Å². The molecule has 2 amide bonds. The normalized spacial score (nSPS) is 15.5. The van der Waals surface area contributed by atoms with Crippen molar-refractivity contribution in [3.63, 3.8) is 0 Å². The molecule has 1 N–H and O–H groups in total. The fraction of sp³-hybridized carbons (Fsp3) is 0.412. The minimum Gasteiger partial charge on any atom is -0.497 e. The van der Waals surface area contributed by atoms with Gasteiger partial charge in [0.25, 0.3) is 0 Å². The number of methoxy groups -OCH3 is 1. The van der Waals surface area contributed by atoms with Crippen molar-refractivity contribution in [2.45, 2.75) is 57.2 Å². The molecule has 0 unspecified atom stereocenters. The van der Waals surface area contributed by atoms with Gasteiger partial charge in [0, 0.05) is 25.1 Å². The van der Waals surface area contributed by atoms with E-state index in [1.807, 2.05) is 48.5 Å². The number of sulfonamides is 1. The van der Waals surface area contributed by atoms with Gasteiger partial charge < -0.3 is 24.4 Å². The molecule has 1 saturated carbocycles. The van der Waals surface area contributed by atoms with Crippen LogP contribution in [0.25, 0.3) is 0 Å². The minimum atomic E-state index is -3.92. The van der Waals surface area contributed by atoms with Crippen molar-refractivity contribution >= 4 is 27.5 Å². The summed E-state index contributed by atoms with van der Waals surface area (Å²) in [5.74, 6) is 0.749. The Morgan fingerprint density at radius 2 is 1.62 bits per heavy atom. The molecule has 1 aliphatic carbocycles. The summed E-state index contributed by atoms with van der Waals surface area (Å²) < 4.78 is 44.0. The molecule has 5 rings (SSSR count). The fourth-order valence-corrected chi connectivity index (χ4v) is 6.71. The lowest BCUT2D eigenvalue weighted by Gasteiger charge is -2.35. The number of amides is 2. The summed E-state index contributed by atoms with van der Waals surface area (Å²) in [5.41, 5.74) is 1.90. The van der Waals surface area contributed by atoms with E-state index < -0.39 is 28.5 Å². The van der Waals surface area contributed by atoms with E-state index in [1.54, 1.807) is 31.4 Å². The van der Waals surface area contributed by atoms with E-state index in [-0.39, 0.29) is 30.6 Å². The Balaban J connectivity index is 1.51. The van der Waals surface area contributed by atoms with Crippen LogP contribution in [0.2, 0.25) is 0 Å². The number of carbonyl (C=O) groups is 2. The second-order valence-electron chi connectivity index (χ2n) is 11.5. The Morgan fingerprint density at radius 1 is 0.911 bits per heavy atom. The quantitative estimate of drug-likeness (QED) is 0.315. The van der Waals surface area contributed by atoms with Gasteiger partial charge in [-0.1, -0.05) is 61.7 Å². The van der Waals surface area contributed by atoms with Gasteiger partial charge in [0.15, 0.2) is 11.5 Å². The second-order valence-corrected chi connectivity index (χ2v) is 13.4. The maximum atomic E-state index is 14.4. The number of hydrogen-bond donors (Lipinski definition) is 1. The molecule has 240 valence electrons. The van der Waals surface area contributed by atoms with Gasteiger partial charge in [0.05, 0.1) is 19.1 Å². The van der Waals surface area contributed by atoms with Crippen molar-refractivity contribution in [1.82, 2.24) is 10.2 Å². The fourth-order valence-electron chi connectivity index (χ4n) is 5.87. The van der Waals surface area contributed by atoms with Gasteiger partial charge in [-0.25, -0.2) is 8.42 Å². The Labute approximate surface area is 265 Å².